The SMILES string of the molecule is CCC(C)[C@H]1O[C@]2(C=C[C@@H]1C)C[C@@H]1C[C@@H](C/C=C(\C)[C@@H](O[C@H]3C[C@H](OC)[C@@H](O[C@H]4C[C@H](OC)[C@@H](S(C)=O)[C@H](C)O4)[C@H](C)O3)[C@@H](C)/C=C/C=C3\CO[C@@H]4[C@H](O)C(C)=C[C@@H](C(=O)O1)[C@]34O)O2. The van der Waals surface area contributed by atoms with Crippen LogP contribution in [0.1, 0.15) is 93.9 Å². The molecule has 0 amide bonds. The van der Waals surface area contributed by atoms with Crippen LogP contribution in [-0.4, -0.2) is 144 Å². The van der Waals surface area contributed by atoms with E-state index in [1.807, 2.05) is 39.0 Å². The number of esters is 1. The summed E-state index contributed by atoms with van der Waals surface area (Å²) < 4.78 is 76.8. The molecule has 21 atom stereocenters. The summed E-state index contributed by atoms with van der Waals surface area (Å²) in [6.45, 7) is 16.2. The number of ether oxygens (including phenoxy) is 10. The monoisotopic (exact) mass is 918 g/mol. The van der Waals surface area contributed by atoms with Crippen LogP contribution in [0.15, 0.2) is 59.3 Å². The molecule has 2 bridgehead atoms. The summed E-state index contributed by atoms with van der Waals surface area (Å²) >= 11 is 0. The molecule has 64 heavy (non-hydrogen) atoms. The van der Waals surface area contributed by atoms with E-state index in [2.05, 4.69) is 39.8 Å². The number of fused-ring (bicyclic) bond motifs is 2. The highest BCUT2D eigenvalue weighted by atomic mass is 32.2. The highest BCUT2D eigenvalue weighted by molar-refractivity contribution is 7.85. The maximum Gasteiger partial charge on any atom is 0.316 e. The quantitative estimate of drug-likeness (QED) is 0.212. The molecule has 0 saturated carbocycles. The number of aliphatic hydroxyl groups is 2. The first kappa shape index (κ1) is 49.8. The van der Waals surface area contributed by atoms with Gasteiger partial charge in [-0.05, 0) is 62.8 Å². The molecule has 0 aromatic rings. The van der Waals surface area contributed by atoms with Crippen LogP contribution in [0.25, 0.3) is 0 Å². The molecule has 7 rings (SSSR count). The number of rotatable bonds is 9. The number of aliphatic hydroxyl groups excluding tert-OH is 1. The van der Waals surface area contributed by atoms with Crippen LogP contribution in [0.5, 0.6) is 0 Å². The number of carbonyl (C=O) groups is 1. The first-order valence-corrected chi connectivity index (χ1v) is 25.0. The van der Waals surface area contributed by atoms with Crippen molar-refractivity contribution < 1.29 is 66.6 Å². The average molecular weight is 919 g/mol. The molecular formula is C49H74O14S. The second kappa shape index (κ2) is 20.6. The zero-order chi connectivity index (χ0) is 46.2. The molecule has 1 spiro atoms. The second-order valence-electron chi connectivity index (χ2n) is 19.4. The molecule has 4 fully saturated rings. The Hall–Kier alpha value is -2.12. The molecule has 2 N–H and O–H groups in total. The summed E-state index contributed by atoms with van der Waals surface area (Å²) in [6.07, 6.45) is 11.3. The van der Waals surface area contributed by atoms with E-state index in [1.54, 1.807) is 39.6 Å². The van der Waals surface area contributed by atoms with Gasteiger partial charge in [0.15, 0.2) is 18.4 Å². The third kappa shape index (κ3) is 10.2. The van der Waals surface area contributed by atoms with Gasteiger partial charge in [0.25, 0.3) is 0 Å². The molecule has 14 nitrogen and oxygen atoms in total. The Morgan fingerprint density at radius 1 is 0.922 bits per heavy atom. The number of carbonyl (C=O) groups excluding carboxylic acids is 1. The number of hydrogen-bond donors (Lipinski definition) is 2. The minimum absolute atomic E-state index is 0.0298. The van der Waals surface area contributed by atoms with Gasteiger partial charge in [-0.3, -0.25) is 9.00 Å². The van der Waals surface area contributed by atoms with Crippen LogP contribution >= 0.6 is 0 Å². The Morgan fingerprint density at radius 3 is 2.33 bits per heavy atom. The third-order valence-corrected chi connectivity index (χ3v) is 16.3. The molecule has 0 aromatic carbocycles. The van der Waals surface area contributed by atoms with E-state index in [4.69, 9.17) is 47.4 Å². The molecule has 15 heteroatoms. The summed E-state index contributed by atoms with van der Waals surface area (Å²) in [7, 11) is 2.14. The second-order valence-corrected chi connectivity index (χ2v) is 21.0. The van der Waals surface area contributed by atoms with Crippen LogP contribution in [-0.2, 0) is 63.0 Å². The largest absolute Gasteiger partial charge is 0.462 e. The summed E-state index contributed by atoms with van der Waals surface area (Å²) in [5.74, 6) is -2.58. The summed E-state index contributed by atoms with van der Waals surface area (Å²) in [6, 6.07) is 0. The lowest BCUT2D eigenvalue weighted by Crippen LogP contribution is -2.58. The molecular weight excluding hydrogens is 845 g/mol. The first-order chi connectivity index (χ1) is 30.4. The predicted octanol–water partition coefficient (Wildman–Crippen LogP) is 5.76. The Bertz CT molecular complexity index is 1830. The molecule has 7 aliphatic rings. The number of methoxy groups -OCH3 is 2. The fraction of sp³-hybridized carbons (Fsp3) is 0.776. The molecule has 6 heterocycles. The summed E-state index contributed by atoms with van der Waals surface area (Å²) in [5.41, 5.74) is 0.128. The topological polar surface area (TPSA) is 167 Å². The van der Waals surface area contributed by atoms with Crippen molar-refractivity contribution in [2.75, 3.05) is 27.1 Å². The van der Waals surface area contributed by atoms with Gasteiger partial charge >= 0.3 is 5.97 Å². The van der Waals surface area contributed by atoms with E-state index >= 15 is 0 Å². The normalized spacial score (nSPS) is 48.5. The molecule has 4 saturated heterocycles. The highest BCUT2D eigenvalue weighted by Crippen LogP contribution is 2.47. The molecule has 0 aromatic heterocycles. The van der Waals surface area contributed by atoms with E-state index < -0.39 is 83.3 Å². The van der Waals surface area contributed by atoms with Gasteiger partial charge in [-0.1, -0.05) is 70.6 Å². The lowest BCUT2D eigenvalue weighted by Gasteiger charge is -2.48. The Balaban J connectivity index is 1.17. The van der Waals surface area contributed by atoms with Crippen LogP contribution in [0.2, 0.25) is 0 Å². The van der Waals surface area contributed by atoms with Gasteiger partial charge in [0, 0.05) is 68.8 Å². The smallest absolute Gasteiger partial charge is 0.316 e. The lowest BCUT2D eigenvalue weighted by molar-refractivity contribution is -0.309. The van der Waals surface area contributed by atoms with Crippen LogP contribution in [0.4, 0.5) is 0 Å². The van der Waals surface area contributed by atoms with Gasteiger partial charge in [0.2, 0.25) is 0 Å². The first-order valence-electron chi connectivity index (χ1n) is 23.4. The number of allylic oxidation sites excluding steroid dienone is 2. The van der Waals surface area contributed by atoms with Gasteiger partial charge in [-0.15, -0.1) is 0 Å². The van der Waals surface area contributed by atoms with Gasteiger partial charge in [0.05, 0.1) is 54.6 Å². The van der Waals surface area contributed by atoms with Crippen molar-refractivity contribution in [2.24, 2.45) is 23.7 Å². The van der Waals surface area contributed by atoms with Crippen molar-refractivity contribution >= 4 is 16.8 Å². The van der Waals surface area contributed by atoms with Crippen LogP contribution < -0.4 is 0 Å². The maximum absolute atomic E-state index is 14.4. The lowest BCUT2D eigenvalue weighted by atomic mass is 9.71. The van der Waals surface area contributed by atoms with Gasteiger partial charge in [0.1, 0.15) is 35.9 Å². The van der Waals surface area contributed by atoms with Gasteiger partial charge in [-0.25, -0.2) is 0 Å². The van der Waals surface area contributed by atoms with Crippen LogP contribution in [0, 0.1) is 23.7 Å². The van der Waals surface area contributed by atoms with Crippen molar-refractivity contribution in [1.82, 2.24) is 0 Å². The predicted molar refractivity (Wildman–Crippen MR) is 239 cm³/mol. The minimum atomic E-state index is -1.84. The highest BCUT2D eigenvalue weighted by Gasteiger charge is 2.60. The Kier molecular flexibility index (Phi) is 16.0. The fourth-order valence-electron chi connectivity index (χ4n) is 11.0. The van der Waals surface area contributed by atoms with Crippen molar-refractivity contribution in [3.8, 4) is 0 Å². The van der Waals surface area contributed by atoms with Crippen LogP contribution in [0.3, 0.4) is 0 Å². The fourth-order valence-corrected chi connectivity index (χ4v) is 12.3. The van der Waals surface area contributed by atoms with E-state index in [-0.39, 0.29) is 60.1 Å². The molecule has 360 valence electrons. The van der Waals surface area contributed by atoms with E-state index in [9.17, 15) is 19.2 Å². The van der Waals surface area contributed by atoms with Gasteiger partial charge < -0.3 is 57.6 Å². The van der Waals surface area contributed by atoms with Crippen molar-refractivity contribution in [3.05, 3.63) is 59.3 Å². The molecule has 1 aliphatic carbocycles. The van der Waals surface area contributed by atoms with E-state index in [1.165, 1.54) is 0 Å². The molecule has 6 aliphatic heterocycles. The zero-order valence-corrected chi connectivity index (χ0v) is 40.4. The summed E-state index contributed by atoms with van der Waals surface area (Å²) in [5, 5.41) is 23.5. The Morgan fingerprint density at radius 2 is 1.62 bits per heavy atom. The third-order valence-electron chi connectivity index (χ3n) is 14.9. The van der Waals surface area contributed by atoms with Gasteiger partial charge in [-0.2, -0.15) is 0 Å². The Labute approximate surface area is 382 Å². The van der Waals surface area contributed by atoms with Crippen molar-refractivity contribution in [1.29, 1.82) is 0 Å². The molecule has 0 radical (unpaired) electrons. The zero-order valence-electron chi connectivity index (χ0n) is 39.6. The number of hydrogen-bond acceptors (Lipinski definition) is 14. The van der Waals surface area contributed by atoms with E-state index in [0.717, 1.165) is 12.0 Å². The van der Waals surface area contributed by atoms with E-state index in [0.29, 0.717) is 43.3 Å². The average Bonchev–Trinajstić information content (AvgIpc) is 3.60. The van der Waals surface area contributed by atoms with Crippen molar-refractivity contribution in [3.63, 3.8) is 0 Å². The standard InChI is InChI=1S/C49H74O14S/c1-12-26(2)43-29(5)18-19-48(63-43)24-35-21-34(62-48)17-16-28(4)42(27(3)14-13-15-33-25-56-46-41(50)30(6)20-36(47(51)59-35)49(33,46)52)60-39-22-37(54-9)44(31(7)57-39)61-40-23-38(55-10)45(64(11)53)32(8)58-40/h13-16,18-20,26-27,29,31-32,34-46,50,52H,12,17,21-25H2,1-11H3/b14-13+,28-16+,33-15+/t26?,27-,29-,31-,32-,34+,35-,36-,37-,38-,39-,40-,41+,42-,43+,44-,45-,46+,48+,49+,64?/m0/s1. The molecule has 2 unspecified atom stereocenters. The minimum Gasteiger partial charge on any atom is -0.462 e. The maximum atomic E-state index is 14.4. The van der Waals surface area contributed by atoms with Crippen molar-refractivity contribution in [2.45, 2.75) is 190 Å². The summed E-state index contributed by atoms with van der Waals surface area (Å²) in [4.78, 5) is 14.4.